The maximum absolute atomic E-state index is 6.45. The lowest BCUT2D eigenvalue weighted by atomic mass is 9.59. The first-order valence-corrected chi connectivity index (χ1v) is 20.8. The summed E-state index contributed by atoms with van der Waals surface area (Å²) < 4.78 is 0. The van der Waals surface area contributed by atoms with E-state index in [1.807, 2.05) is 36.4 Å². The Kier molecular flexibility index (Phi) is 17.1. The van der Waals surface area contributed by atoms with E-state index in [2.05, 4.69) is 77.9 Å². The summed E-state index contributed by atoms with van der Waals surface area (Å²) in [7, 11) is 0. The maximum Gasteiger partial charge on any atom is 0.0406 e. The molecule has 0 heterocycles. The monoisotopic (exact) mass is 769 g/mol. The highest BCUT2D eigenvalue weighted by Gasteiger charge is 2.45. The second-order valence-electron chi connectivity index (χ2n) is 17.3. The van der Waals surface area contributed by atoms with Gasteiger partial charge in [-0.05, 0) is 129 Å². The van der Waals surface area contributed by atoms with Crippen LogP contribution in [0, 0.1) is 17.8 Å². The summed E-state index contributed by atoms with van der Waals surface area (Å²) >= 11 is 17.9. The van der Waals surface area contributed by atoms with Gasteiger partial charge in [-0.3, -0.25) is 0 Å². The quantitative estimate of drug-likeness (QED) is 0.172. The Balaban J connectivity index is 0.000000208. The normalized spacial score (nSPS) is 19.7. The van der Waals surface area contributed by atoms with Gasteiger partial charge >= 0.3 is 0 Å². The summed E-state index contributed by atoms with van der Waals surface area (Å²) in [5.41, 5.74) is 24.1. The fourth-order valence-corrected chi connectivity index (χ4v) is 9.22. The van der Waals surface area contributed by atoms with Crippen LogP contribution in [-0.4, -0.2) is 18.1 Å². The molecule has 3 saturated carbocycles. The average molecular weight is 771 g/mol. The van der Waals surface area contributed by atoms with Crippen molar-refractivity contribution in [3.05, 3.63) is 105 Å². The van der Waals surface area contributed by atoms with E-state index >= 15 is 0 Å². The zero-order valence-electron chi connectivity index (χ0n) is 32.2. The molecule has 52 heavy (non-hydrogen) atoms. The average Bonchev–Trinajstić information content (AvgIpc) is 2.98. The van der Waals surface area contributed by atoms with E-state index in [1.54, 1.807) is 0 Å². The van der Waals surface area contributed by atoms with Crippen LogP contribution >= 0.6 is 34.8 Å². The third kappa shape index (κ3) is 10.8. The van der Waals surface area contributed by atoms with E-state index in [1.165, 1.54) is 74.5 Å². The van der Waals surface area contributed by atoms with Crippen LogP contribution in [0.3, 0.4) is 0 Å². The summed E-state index contributed by atoms with van der Waals surface area (Å²) in [6.07, 6.45) is 14.5. The molecule has 6 N–H and O–H groups in total. The number of rotatable bonds is 12. The Morgan fingerprint density at radius 2 is 0.615 bits per heavy atom. The minimum atomic E-state index is 0. The van der Waals surface area contributed by atoms with Gasteiger partial charge in [0.15, 0.2) is 0 Å². The molecule has 6 heteroatoms. The number of halogens is 3. The lowest BCUT2D eigenvalue weighted by Crippen LogP contribution is -2.50. The van der Waals surface area contributed by atoms with E-state index in [4.69, 9.17) is 52.0 Å². The van der Waals surface area contributed by atoms with E-state index in [0.717, 1.165) is 34.3 Å². The van der Waals surface area contributed by atoms with Gasteiger partial charge in [-0.25, -0.2) is 0 Å². The van der Waals surface area contributed by atoms with E-state index in [9.17, 15) is 0 Å². The van der Waals surface area contributed by atoms with Crippen LogP contribution in [0.25, 0.3) is 0 Å². The zero-order valence-corrected chi connectivity index (χ0v) is 34.5. The van der Waals surface area contributed by atoms with E-state index < -0.39 is 0 Å². The lowest BCUT2D eigenvalue weighted by Gasteiger charge is -2.47. The summed E-state index contributed by atoms with van der Waals surface area (Å²) in [5.74, 6) is 1.99. The van der Waals surface area contributed by atoms with Gasteiger partial charge in [0.2, 0.25) is 0 Å². The number of hydrogen-bond donors (Lipinski definition) is 3. The predicted molar refractivity (Wildman–Crippen MR) is 230 cm³/mol. The highest BCUT2D eigenvalue weighted by Crippen LogP contribution is 2.49. The number of benzene rings is 3. The van der Waals surface area contributed by atoms with Crippen molar-refractivity contribution in [3.63, 3.8) is 0 Å². The topological polar surface area (TPSA) is 78.1 Å². The minimum Gasteiger partial charge on any atom is -0.327 e. The highest BCUT2D eigenvalue weighted by molar-refractivity contribution is 6.31. The molecule has 3 aliphatic rings. The van der Waals surface area contributed by atoms with Gasteiger partial charge in [0.1, 0.15) is 0 Å². The molecule has 1 unspecified atom stereocenters. The Hall–Kier alpha value is -1.59. The van der Waals surface area contributed by atoms with Crippen LogP contribution in [-0.2, 0) is 16.2 Å². The molecule has 3 nitrogen and oxygen atoms in total. The first-order valence-electron chi connectivity index (χ1n) is 19.7. The van der Waals surface area contributed by atoms with Gasteiger partial charge in [-0.2, -0.15) is 0 Å². The summed E-state index contributed by atoms with van der Waals surface area (Å²) in [6.45, 7) is 13.5. The molecule has 3 fully saturated rings. The number of nitrogens with two attached hydrogens (primary N) is 3. The maximum atomic E-state index is 6.45. The van der Waals surface area contributed by atoms with Crippen molar-refractivity contribution in [3.8, 4) is 0 Å². The summed E-state index contributed by atoms with van der Waals surface area (Å²) in [5, 5.41) is 2.42. The van der Waals surface area contributed by atoms with Crippen molar-refractivity contribution in [2.75, 3.05) is 0 Å². The smallest absolute Gasteiger partial charge is 0.0406 e. The van der Waals surface area contributed by atoms with Crippen LogP contribution < -0.4 is 17.2 Å². The molecular formula is C46H70Cl3N3. The first kappa shape index (κ1) is 44.8. The molecule has 0 spiro atoms. The first-order chi connectivity index (χ1) is 24.1. The molecule has 3 aliphatic carbocycles. The van der Waals surface area contributed by atoms with Gasteiger partial charge in [-0.15, -0.1) is 0 Å². The Morgan fingerprint density at radius 3 is 0.750 bits per heavy atom. The largest absolute Gasteiger partial charge is 0.327 e. The second-order valence-corrected chi connectivity index (χ2v) is 18.6. The molecule has 0 amide bonds. The molecule has 290 valence electrons. The molecule has 0 bridgehead atoms. The van der Waals surface area contributed by atoms with Crippen molar-refractivity contribution < 1.29 is 0 Å². The summed E-state index contributed by atoms with van der Waals surface area (Å²) in [6, 6.07) is 25.7. The van der Waals surface area contributed by atoms with Crippen LogP contribution in [0.2, 0.25) is 15.1 Å². The molecule has 3 aromatic carbocycles. The van der Waals surface area contributed by atoms with Crippen molar-refractivity contribution >= 4 is 34.8 Å². The van der Waals surface area contributed by atoms with Gasteiger partial charge in [0, 0.05) is 49.4 Å². The van der Waals surface area contributed by atoms with Crippen molar-refractivity contribution in [1.29, 1.82) is 0 Å². The fraction of sp³-hybridized carbons (Fsp3) is 0.609. The SMILES string of the molecule is C.CC(C)CC(N)C1(c2ccc(Cl)cc2)CCC1.CC(C)C[C@@H](N)C1(c2ccc(Cl)cc2)CCC1.CC(C)C[C@@H](N)C1(c2ccc(Cl)cc2)CCC1. The molecule has 3 aromatic rings. The molecule has 0 saturated heterocycles. The van der Waals surface area contributed by atoms with Gasteiger partial charge in [0.25, 0.3) is 0 Å². The standard InChI is InChI=1S/3C15H22ClN.CH4/c3*1-11(2)10-14(17)15(8-3-9-15)12-4-6-13(16)7-5-12;/h3*4-7,11,14H,3,8-10,17H2,1-2H3;1H4/t2*14-;;/m11../s1. The van der Waals surface area contributed by atoms with Gasteiger partial charge in [0.05, 0.1) is 0 Å². The second kappa shape index (κ2) is 19.8. The molecule has 0 radical (unpaired) electrons. The molecule has 3 atom stereocenters. The molecule has 6 rings (SSSR count). The van der Waals surface area contributed by atoms with Crippen molar-refractivity contribution in [2.24, 2.45) is 35.0 Å². The van der Waals surface area contributed by atoms with Crippen LogP contribution in [0.1, 0.15) is 143 Å². The Bertz CT molecular complexity index is 1270. The Morgan fingerprint density at radius 1 is 0.423 bits per heavy atom. The summed E-state index contributed by atoms with van der Waals surface area (Å²) in [4.78, 5) is 0. The third-order valence-corrected chi connectivity index (χ3v) is 13.1. The van der Waals surface area contributed by atoms with E-state index in [-0.39, 0.29) is 41.8 Å². The van der Waals surface area contributed by atoms with Crippen LogP contribution in [0.15, 0.2) is 72.8 Å². The number of hydrogen-bond acceptors (Lipinski definition) is 3. The zero-order chi connectivity index (χ0) is 37.4. The van der Waals surface area contributed by atoms with Gasteiger partial charge < -0.3 is 17.2 Å². The molecule has 0 aliphatic heterocycles. The van der Waals surface area contributed by atoms with Crippen molar-refractivity contribution in [1.82, 2.24) is 0 Å². The predicted octanol–water partition coefficient (Wildman–Crippen LogP) is 13.0. The van der Waals surface area contributed by atoms with Crippen molar-refractivity contribution in [2.45, 2.75) is 160 Å². The van der Waals surface area contributed by atoms with Gasteiger partial charge in [-0.1, -0.05) is 139 Å². The molecular weight excluding hydrogens is 701 g/mol. The van der Waals surface area contributed by atoms with Crippen LogP contribution in [0.5, 0.6) is 0 Å². The highest BCUT2D eigenvalue weighted by atomic mass is 35.5. The fourth-order valence-electron chi connectivity index (χ4n) is 8.84. The minimum absolute atomic E-state index is 0. The lowest BCUT2D eigenvalue weighted by molar-refractivity contribution is 0.178. The van der Waals surface area contributed by atoms with Crippen LogP contribution in [0.4, 0.5) is 0 Å². The Labute approximate surface area is 333 Å². The third-order valence-electron chi connectivity index (χ3n) is 12.3. The van der Waals surface area contributed by atoms with E-state index in [0.29, 0.717) is 17.8 Å². The molecule has 0 aromatic heterocycles.